The van der Waals surface area contributed by atoms with Gasteiger partial charge in [-0.2, -0.15) is 0 Å². The molecule has 3 aromatic rings. The zero-order valence-corrected chi connectivity index (χ0v) is 21.8. The van der Waals surface area contributed by atoms with Crippen molar-refractivity contribution >= 4 is 11.7 Å². The first-order valence-electron chi connectivity index (χ1n) is 12.5. The minimum atomic E-state index is -0.592. The smallest absolute Gasteiger partial charge is 0.250 e. The number of nitrogens with zero attached hydrogens (tertiary/aromatic N) is 3. The lowest BCUT2D eigenvalue weighted by Crippen LogP contribution is -2.40. The molecule has 2 N–H and O–H groups in total. The Hall–Kier alpha value is -4.27. The van der Waals surface area contributed by atoms with Gasteiger partial charge >= 0.3 is 0 Å². The summed E-state index contributed by atoms with van der Waals surface area (Å²) in [7, 11) is 1.60. The molecule has 8 nitrogen and oxygen atoms in total. The molecule has 2 aromatic carbocycles. The number of methoxy groups -OCH3 is 1. The topological polar surface area (TPSA) is 98.1 Å². The summed E-state index contributed by atoms with van der Waals surface area (Å²) in [6.07, 6.45) is 2.81. The lowest BCUT2D eigenvalue weighted by Gasteiger charge is -2.39. The van der Waals surface area contributed by atoms with Gasteiger partial charge in [-0.3, -0.25) is 9.59 Å². The van der Waals surface area contributed by atoms with E-state index in [9.17, 15) is 14.0 Å². The standard InChI is InChI=1S/C29H30FN5O3/c1-17-25(28(37)31-15-20-16-35(34-33-20)21-9-11-22(38-4)12-10-21)26(18-5-7-19(30)8-6-18)27-23(32-17)13-29(2,3)14-24(27)36/h5-12,16,26,32H,13-15H2,1-4H3,(H,31,37). The number of Topliss-reactive ketones (excluding diaryl/α,β-unsaturated/α-hetero) is 1. The fourth-order valence-corrected chi connectivity index (χ4v) is 5.23. The van der Waals surface area contributed by atoms with E-state index in [0.717, 1.165) is 17.1 Å². The van der Waals surface area contributed by atoms with Gasteiger partial charge in [0.15, 0.2) is 5.78 Å². The van der Waals surface area contributed by atoms with Crippen LogP contribution in [0.15, 0.2) is 77.3 Å². The summed E-state index contributed by atoms with van der Waals surface area (Å²) in [5.74, 6) is -0.559. The molecule has 2 heterocycles. The molecule has 9 heteroatoms. The summed E-state index contributed by atoms with van der Waals surface area (Å²) in [4.78, 5) is 27.0. The normalized spacial score (nSPS) is 18.7. The zero-order valence-electron chi connectivity index (χ0n) is 21.8. The van der Waals surface area contributed by atoms with Gasteiger partial charge < -0.3 is 15.4 Å². The molecule has 0 fully saturated rings. The van der Waals surface area contributed by atoms with Crippen molar-refractivity contribution in [2.75, 3.05) is 7.11 Å². The van der Waals surface area contributed by atoms with Crippen LogP contribution in [0, 0.1) is 11.2 Å². The first-order valence-corrected chi connectivity index (χ1v) is 12.5. The number of ether oxygens (including phenoxy) is 1. The Morgan fingerprint density at radius 3 is 2.55 bits per heavy atom. The maximum absolute atomic E-state index is 13.8. The molecule has 0 saturated carbocycles. The molecule has 0 radical (unpaired) electrons. The van der Waals surface area contributed by atoms with E-state index in [1.807, 2.05) is 31.2 Å². The molecule has 0 spiro atoms. The molecule has 1 aromatic heterocycles. The second-order valence-corrected chi connectivity index (χ2v) is 10.5. The average molecular weight is 516 g/mol. The van der Waals surface area contributed by atoms with Crippen molar-refractivity contribution in [3.8, 4) is 11.4 Å². The lowest BCUT2D eigenvalue weighted by atomic mass is 9.68. The minimum Gasteiger partial charge on any atom is -0.497 e. The van der Waals surface area contributed by atoms with Crippen LogP contribution >= 0.6 is 0 Å². The molecule has 1 atom stereocenters. The number of hydrogen-bond acceptors (Lipinski definition) is 6. The van der Waals surface area contributed by atoms with Crippen molar-refractivity contribution < 1.29 is 18.7 Å². The van der Waals surface area contributed by atoms with E-state index in [0.29, 0.717) is 40.9 Å². The van der Waals surface area contributed by atoms with Gasteiger partial charge in [0, 0.05) is 34.9 Å². The van der Waals surface area contributed by atoms with E-state index in [1.54, 1.807) is 30.1 Å². The maximum atomic E-state index is 13.8. The van der Waals surface area contributed by atoms with Crippen molar-refractivity contribution in [2.24, 2.45) is 5.41 Å². The van der Waals surface area contributed by atoms with Crippen LogP contribution in [0.3, 0.4) is 0 Å². The molecule has 1 amide bonds. The average Bonchev–Trinajstić information content (AvgIpc) is 3.35. The maximum Gasteiger partial charge on any atom is 0.250 e. The van der Waals surface area contributed by atoms with Crippen molar-refractivity contribution in [3.05, 3.63) is 94.3 Å². The fraction of sp³-hybridized carbons (Fsp3) is 0.310. The molecule has 0 bridgehead atoms. The number of carbonyl (C=O) groups is 2. The van der Waals surface area contributed by atoms with Gasteiger partial charge in [0.1, 0.15) is 17.3 Å². The van der Waals surface area contributed by atoms with Gasteiger partial charge in [-0.15, -0.1) is 5.10 Å². The van der Waals surface area contributed by atoms with E-state index < -0.39 is 5.92 Å². The number of ketones is 1. The van der Waals surface area contributed by atoms with E-state index in [4.69, 9.17) is 4.74 Å². The number of aromatic nitrogens is 3. The van der Waals surface area contributed by atoms with Gasteiger partial charge in [0.05, 0.1) is 25.5 Å². The summed E-state index contributed by atoms with van der Waals surface area (Å²) < 4.78 is 20.6. The third-order valence-corrected chi connectivity index (χ3v) is 7.00. The number of nitrogens with one attached hydrogen (secondary N) is 2. The Kier molecular flexibility index (Phi) is 6.60. The van der Waals surface area contributed by atoms with Crippen LogP contribution in [0.25, 0.3) is 5.69 Å². The lowest BCUT2D eigenvalue weighted by molar-refractivity contribution is -0.118. The molecule has 5 rings (SSSR count). The van der Waals surface area contributed by atoms with Crippen LogP contribution < -0.4 is 15.4 Å². The van der Waals surface area contributed by atoms with Gasteiger partial charge in [-0.1, -0.05) is 31.2 Å². The number of dihydropyridines is 1. The zero-order chi connectivity index (χ0) is 27.0. The number of amides is 1. The minimum absolute atomic E-state index is 0.00157. The third-order valence-electron chi connectivity index (χ3n) is 7.00. The summed E-state index contributed by atoms with van der Waals surface area (Å²) in [5, 5.41) is 14.6. The molecule has 0 saturated heterocycles. The Labute approximate surface area is 220 Å². The molecule has 1 unspecified atom stereocenters. The van der Waals surface area contributed by atoms with E-state index >= 15 is 0 Å². The molecule has 38 heavy (non-hydrogen) atoms. The predicted octanol–water partition coefficient (Wildman–Crippen LogP) is 4.34. The van der Waals surface area contributed by atoms with Gasteiger partial charge in [0.25, 0.3) is 0 Å². The number of allylic oxidation sites excluding steroid dienone is 3. The number of halogens is 1. The van der Waals surface area contributed by atoms with Gasteiger partial charge in [-0.25, -0.2) is 9.07 Å². The van der Waals surface area contributed by atoms with Crippen LogP contribution in [0.5, 0.6) is 5.75 Å². The van der Waals surface area contributed by atoms with Crippen molar-refractivity contribution in [1.29, 1.82) is 0 Å². The Morgan fingerprint density at radius 2 is 1.87 bits per heavy atom. The van der Waals surface area contributed by atoms with Crippen LogP contribution in [0.1, 0.15) is 50.8 Å². The van der Waals surface area contributed by atoms with Crippen LogP contribution in [-0.4, -0.2) is 33.8 Å². The van der Waals surface area contributed by atoms with Crippen LogP contribution in [-0.2, 0) is 16.1 Å². The van der Waals surface area contributed by atoms with Gasteiger partial charge in [-0.05, 0) is 60.7 Å². The van der Waals surface area contributed by atoms with E-state index in [2.05, 4.69) is 34.8 Å². The van der Waals surface area contributed by atoms with Crippen molar-refractivity contribution in [2.45, 2.75) is 46.1 Å². The number of rotatable bonds is 6. The Morgan fingerprint density at radius 1 is 1.16 bits per heavy atom. The molecular formula is C29H30FN5O3. The highest BCUT2D eigenvalue weighted by Gasteiger charge is 2.42. The Bertz CT molecular complexity index is 1450. The second kappa shape index (κ2) is 9.89. The quantitative estimate of drug-likeness (QED) is 0.507. The van der Waals surface area contributed by atoms with Crippen molar-refractivity contribution in [3.63, 3.8) is 0 Å². The molecule has 2 aliphatic rings. The fourth-order valence-electron chi connectivity index (χ4n) is 5.23. The number of carbonyl (C=O) groups excluding carboxylic acids is 2. The summed E-state index contributed by atoms with van der Waals surface area (Å²) >= 11 is 0. The van der Waals surface area contributed by atoms with Crippen molar-refractivity contribution in [1.82, 2.24) is 25.6 Å². The summed E-state index contributed by atoms with van der Waals surface area (Å²) in [6.45, 7) is 6.10. The monoisotopic (exact) mass is 515 g/mol. The largest absolute Gasteiger partial charge is 0.497 e. The highest BCUT2D eigenvalue weighted by atomic mass is 19.1. The third kappa shape index (κ3) is 4.96. The highest BCUT2D eigenvalue weighted by molar-refractivity contribution is 6.05. The summed E-state index contributed by atoms with van der Waals surface area (Å²) in [5.41, 5.74) is 4.41. The first-order chi connectivity index (χ1) is 18.1. The van der Waals surface area contributed by atoms with Crippen LogP contribution in [0.2, 0.25) is 0 Å². The predicted molar refractivity (Wildman–Crippen MR) is 140 cm³/mol. The molecule has 1 aliphatic carbocycles. The van der Waals surface area contributed by atoms with Crippen LogP contribution in [0.4, 0.5) is 4.39 Å². The number of benzene rings is 2. The first kappa shape index (κ1) is 25.4. The molecular weight excluding hydrogens is 485 g/mol. The number of hydrogen-bond donors (Lipinski definition) is 2. The second-order valence-electron chi connectivity index (χ2n) is 10.5. The molecule has 196 valence electrons. The van der Waals surface area contributed by atoms with Gasteiger partial charge in [0.2, 0.25) is 5.91 Å². The molecule has 1 aliphatic heterocycles. The Balaban J connectivity index is 1.40. The van der Waals surface area contributed by atoms with E-state index in [-0.39, 0.29) is 29.5 Å². The SMILES string of the molecule is COc1ccc(-n2cc(CNC(=O)C3=C(C)NC4=C(C(=O)CC(C)(C)C4)C3c3ccc(F)cc3)nn2)cc1. The highest BCUT2D eigenvalue weighted by Crippen LogP contribution is 2.46. The van der Waals surface area contributed by atoms with E-state index in [1.165, 1.54) is 12.1 Å². The summed E-state index contributed by atoms with van der Waals surface area (Å²) in [6, 6.07) is 13.4.